The fourth-order valence-electron chi connectivity index (χ4n) is 1.45. The zero-order chi connectivity index (χ0) is 13.9. The first-order valence-electron chi connectivity index (χ1n) is 5.88. The third-order valence-corrected chi connectivity index (χ3v) is 2.69. The number of nitrogens with zero attached hydrogens (tertiary/aromatic N) is 2. The number of nitrogens with two attached hydrogens (primary N) is 1. The molecular weight excluding hydrogens is 234 g/mol. The standard InChI is InChI=1S/C12H21N3O3/c1-8-11(13)9(2)15(14-8)7-10(16)18-6-5-12(3,4)17/h17H,5-7,13H2,1-4H3. The highest BCUT2D eigenvalue weighted by atomic mass is 16.5. The van der Waals surface area contributed by atoms with E-state index in [2.05, 4.69) is 5.10 Å². The average molecular weight is 255 g/mol. The molecule has 0 aliphatic heterocycles. The van der Waals surface area contributed by atoms with Crippen LogP contribution < -0.4 is 5.73 Å². The lowest BCUT2D eigenvalue weighted by Crippen LogP contribution is -2.23. The van der Waals surface area contributed by atoms with E-state index in [0.29, 0.717) is 17.8 Å². The van der Waals surface area contributed by atoms with Crippen molar-refractivity contribution in [1.29, 1.82) is 0 Å². The quantitative estimate of drug-likeness (QED) is 0.759. The molecule has 102 valence electrons. The van der Waals surface area contributed by atoms with Crippen molar-refractivity contribution in [3.05, 3.63) is 11.4 Å². The van der Waals surface area contributed by atoms with Gasteiger partial charge in [-0.15, -0.1) is 0 Å². The van der Waals surface area contributed by atoms with Crippen molar-refractivity contribution >= 4 is 11.7 Å². The minimum atomic E-state index is -0.830. The molecule has 0 spiro atoms. The van der Waals surface area contributed by atoms with Gasteiger partial charge in [-0.25, -0.2) is 0 Å². The van der Waals surface area contributed by atoms with Gasteiger partial charge in [-0.3, -0.25) is 9.48 Å². The maximum atomic E-state index is 11.6. The topological polar surface area (TPSA) is 90.4 Å². The van der Waals surface area contributed by atoms with Gasteiger partial charge in [-0.1, -0.05) is 0 Å². The molecule has 0 aromatic carbocycles. The molecule has 0 fully saturated rings. The molecule has 0 atom stereocenters. The largest absolute Gasteiger partial charge is 0.464 e. The highest BCUT2D eigenvalue weighted by Crippen LogP contribution is 2.14. The molecule has 1 aromatic heterocycles. The number of aromatic nitrogens is 2. The molecule has 6 heteroatoms. The van der Waals surface area contributed by atoms with Gasteiger partial charge in [0.2, 0.25) is 0 Å². The summed E-state index contributed by atoms with van der Waals surface area (Å²) in [5.41, 5.74) is 7.00. The number of hydrogen-bond acceptors (Lipinski definition) is 5. The number of aliphatic hydroxyl groups is 1. The summed E-state index contributed by atoms with van der Waals surface area (Å²) in [7, 11) is 0. The SMILES string of the molecule is Cc1nn(CC(=O)OCCC(C)(C)O)c(C)c1N. The van der Waals surface area contributed by atoms with Gasteiger partial charge >= 0.3 is 5.97 Å². The van der Waals surface area contributed by atoms with E-state index >= 15 is 0 Å². The predicted molar refractivity (Wildman–Crippen MR) is 68.0 cm³/mol. The van der Waals surface area contributed by atoms with Gasteiger partial charge in [0.1, 0.15) is 6.54 Å². The van der Waals surface area contributed by atoms with Crippen LogP contribution in [0, 0.1) is 13.8 Å². The molecule has 0 aliphatic rings. The summed E-state index contributed by atoms with van der Waals surface area (Å²) in [5.74, 6) is -0.384. The number of esters is 1. The van der Waals surface area contributed by atoms with Gasteiger partial charge < -0.3 is 15.6 Å². The molecule has 0 unspecified atom stereocenters. The molecule has 0 saturated carbocycles. The van der Waals surface area contributed by atoms with Crippen molar-refractivity contribution < 1.29 is 14.6 Å². The second-order valence-corrected chi connectivity index (χ2v) is 5.03. The van der Waals surface area contributed by atoms with Crippen LogP contribution in [0.25, 0.3) is 0 Å². The normalized spacial score (nSPS) is 11.6. The van der Waals surface area contributed by atoms with Crippen molar-refractivity contribution in [2.45, 2.75) is 46.3 Å². The van der Waals surface area contributed by atoms with Crippen LogP contribution in [0.2, 0.25) is 0 Å². The maximum Gasteiger partial charge on any atom is 0.327 e. The van der Waals surface area contributed by atoms with Gasteiger partial charge in [0.05, 0.1) is 29.3 Å². The Labute approximate surface area is 107 Å². The fraction of sp³-hybridized carbons (Fsp3) is 0.667. The predicted octanol–water partition coefficient (Wildman–Crippen LogP) is 0.786. The first kappa shape index (κ1) is 14.5. The van der Waals surface area contributed by atoms with Crippen molar-refractivity contribution in [2.75, 3.05) is 12.3 Å². The van der Waals surface area contributed by atoms with Gasteiger partial charge in [0.15, 0.2) is 0 Å². The number of nitrogen functional groups attached to an aromatic ring is 1. The molecule has 3 N–H and O–H groups in total. The molecule has 0 aliphatic carbocycles. The Bertz CT molecular complexity index is 433. The van der Waals surface area contributed by atoms with Gasteiger partial charge in [0.25, 0.3) is 0 Å². The number of rotatable bonds is 5. The second kappa shape index (κ2) is 5.39. The van der Waals surface area contributed by atoms with E-state index in [1.54, 1.807) is 27.7 Å². The number of aryl methyl sites for hydroxylation is 1. The summed E-state index contributed by atoms with van der Waals surface area (Å²) in [5, 5.41) is 13.6. The lowest BCUT2D eigenvalue weighted by atomic mass is 10.1. The molecular formula is C12H21N3O3. The molecule has 0 radical (unpaired) electrons. The van der Waals surface area contributed by atoms with E-state index in [9.17, 15) is 9.90 Å². The molecule has 0 bridgehead atoms. The Hall–Kier alpha value is -1.56. The van der Waals surface area contributed by atoms with Gasteiger partial charge in [0, 0.05) is 6.42 Å². The molecule has 0 saturated heterocycles. The Kier molecular flexibility index (Phi) is 4.34. The molecule has 0 amide bonds. The zero-order valence-corrected chi connectivity index (χ0v) is 11.4. The van der Waals surface area contributed by atoms with Crippen LogP contribution in [-0.4, -0.2) is 33.1 Å². The van der Waals surface area contributed by atoms with Crippen molar-refractivity contribution in [1.82, 2.24) is 9.78 Å². The van der Waals surface area contributed by atoms with Crippen molar-refractivity contribution in [2.24, 2.45) is 0 Å². The Morgan fingerprint density at radius 1 is 1.50 bits per heavy atom. The summed E-state index contributed by atoms with van der Waals surface area (Å²) in [4.78, 5) is 11.6. The lowest BCUT2D eigenvalue weighted by Gasteiger charge is -2.16. The molecule has 6 nitrogen and oxygen atoms in total. The second-order valence-electron chi connectivity index (χ2n) is 5.03. The first-order valence-corrected chi connectivity index (χ1v) is 5.88. The van der Waals surface area contributed by atoms with Crippen molar-refractivity contribution in [3.63, 3.8) is 0 Å². The van der Waals surface area contributed by atoms with Crippen LogP contribution in [0.4, 0.5) is 5.69 Å². The summed E-state index contributed by atoms with van der Waals surface area (Å²) >= 11 is 0. The number of carbonyl (C=O) groups excluding carboxylic acids is 1. The third-order valence-electron chi connectivity index (χ3n) is 2.69. The molecule has 18 heavy (non-hydrogen) atoms. The van der Waals surface area contributed by atoms with Crippen molar-refractivity contribution in [3.8, 4) is 0 Å². The Morgan fingerprint density at radius 3 is 2.56 bits per heavy atom. The van der Waals surface area contributed by atoms with Crippen LogP contribution in [-0.2, 0) is 16.1 Å². The number of ether oxygens (including phenoxy) is 1. The first-order chi connectivity index (χ1) is 8.20. The van der Waals surface area contributed by atoms with Gasteiger partial charge in [-0.2, -0.15) is 5.10 Å². The summed E-state index contributed by atoms with van der Waals surface area (Å²) < 4.78 is 6.55. The summed E-state index contributed by atoms with van der Waals surface area (Å²) in [6, 6.07) is 0. The lowest BCUT2D eigenvalue weighted by molar-refractivity contribution is -0.145. The average Bonchev–Trinajstić information content (AvgIpc) is 2.44. The summed E-state index contributed by atoms with van der Waals surface area (Å²) in [6.07, 6.45) is 0.401. The smallest absolute Gasteiger partial charge is 0.327 e. The van der Waals surface area contributed by atoms with Crippen LogP contribution in [0.3, 0.4) is 0 Å². The van der Waals surface area contributed by atoms with Crippen LogP contribution in [0.15, 0.2) is 0 Å². The van der Waals surface area contributed by atoms with E-state index in [0.717, 1.165) is 5.69 Å². The number of anilines is 1. The number of carbonyl (C=O) groups is 1. The van der Waals surface area contributed by atoms with E-state index < -0.39 is 5.60 Å². The van der Waals surface area contributed by atoms with E-state index in [-0.39, 0.29) is 19.1 Å². The highest BCUT2D eigenvalue weighted by molar-refractivity contribution is 5.69. The third kappa shape index (κ3) is 4.03. The minimum Gasteiger partial charge on any atom is -0.464 e. The van der Waals surface area contributed by atoms with E-state index in [4.69, 9.17) is 10.5 Å². The van der Waals surface area contributed by atoms with Gasteiger partial charge in [-0.05, 0) is 27.7 Å². The summed E-state index contributed by atoms with van der Waals surface area (Å²) in [6.45, 7) is 7.16. The Morgan fingerprint density at radius 2 is 2.11 bits per heavy atom. The Balaban J connectivity index is 2.48. The molecule has 1 aromatic rings. The van der Waals surface area contributed by atoms with E-state index in [1.165, 1.54) is 4.68 Å². The monoisotopic (exact) mass is 255 g/mol. The highest BCUT2D eigenvalue weighted by Gasteiger charge is 2.15. The molecule has 1 rings (SSSR count). The van der Waals surface area contributed by atoms with Crippen LogP contribution in [0.1, 0.15) is 31.7 Å². The maximum absolute atomic E-state index is 11.6. The minimum absolute atomic E-state index is 0.0374. The fourth-order valence-corrected chi connectivity index (χ4v) is 1.45. The van der Waals surface area contributed by atoms with Crippen LogP contribution in [0.5, 0.6) is 0 Å². The number of hydrogen-bond donors (Lipinski definition) is 2. The zero-order valence-electron chi connectivity index (χ0n) is 11.4. The van der Waals surface area contributed by atoms with Crippen LogP contribution >= 0.6 is 0 Å². The molecule has 1 heterocycles. The van der Waals surface area contributed by atoms with E-state index in [1.807, 2.05) is 0 Å².